The highest BCUT2D eigenvalue weighted by Crippen LogP contribution is 2.25. The predicted octanol–water partition coefficient (Wildman–Crippen LogP) is 2.37. The number of nitrogens with zero attached hydrogens (tertiary/aromatic N) is 1. The average molecular weight is 231 g/mol. The summed E-state index contributed by atoms with van der Waals surface area (Å²) in [5, 5.41) is 8.97. The van der Waals surface area contributed by atoms with E-state index in [0.29, 0.717) is 17.2 Å². The van der Waals surface area contributed by atoms with Gasteiger partial charge in [0.05, 0.1) is 19.4 Å². The molecular weight excluding hydrogens is 218 g/mol. The molecule has 0 spiro atoms. The van der Waals surface area contributed by atoms with Gasteiger partial charge in [-0.25, -0.2) is 0 Å². The van der Waals surface area contributed by atoms with Crippen LogP contribution in [-0.2, 0) is 6.61 Å². The molecule has 4 heteroatoms. The summed E-state index contributed by atoms with van der Waals surface area (Å²) in [6.45, 7) is -0.102. The Hall–Kier alpha value is -2.07. The first kappa shape index (κ1) is 11.4. The molecule has 1 heterocycles. The summed E-state index contributed by atoms with van der Waals surface area (Å²) in [4.78, 5) is 3.98. The Labute approximate surface area is 99.5 Å². The number of rotatable bonds is 4. The number of aliphatic hydroxyl groups excluding tert-OH is 1. The van der Waals surface area contributed by atoms with Gasteiger partial charge in [0.25, 0.3) is 0 Å². The molecule has 0 aliphatic rings. The molecule has 0 radical (unpaired) electrons. The maximum atomic E-state index is 8.97. The molecule has 2 aromatic rings. The molecule has 88 valence electrons. The molecule has 17 heavy (non-hydrogen) atoms. The lowest BCUT2D eigenvalue weighted by Gasteiger charge is -2.07. The number of ether oxygens (including phenoxy) is 2. The highest BCUT2D eigenvalue weighted by atomic mass is 16.5. The predicted molar refractivity (Wildman–Crippen MR) is 63.2 cm³/mol. The zero-order chi connectivity index (χ0) is 12.1. The second-order valence-corrected chi connectivity index (χ2v) is 3.42. The fourth-order valence-corrected chi connectivity index (χ4v) is 1.41. The highest BCUT2D eigenvalue weighted by molar-refractivity contribution is 5.36. The van der Waals surface area contributed by atoms with Crippen LogP contribution in [0.25, 0.3) is 0 Å². The SMILES string of the molecule is COc1cccc(Oc2ccnc(CO)c2)c1. The Morgan fingerprint density at radius 1 is 1.12 bits per heavy atom. The number of hydrogen-bond donors (Lipinski definition) is 1. The molecular formula is C13H13NO3. The molecule has 0 bridgehead atoms. The first-order valence-electron chi connectivity index (χ1n) is 5.19. The second-order valence-electron chi connectivity index (χ2n) is 3.42. The van der Waals surface area contributed by atoms with Gasteiger partial charge in [-0.3, -0.25) is 4.98 Å². The zero-order valence-corrected chi connectivity index (χ0v) is 9.46. The maximum Gasteiger partial charge on any atom is 0.131 e. The van der Waals surface area contributed by atoms with Gasteiger partial charge in [-0.05, 0) is 18.2 Å². The molecule has 2 rings (SSSR count). The van der Waals surface area contributed by atoms with Crippen molar-refractivity contribution in [2.24, 2.45) is 0 Å². The van der Waals surface area contributed by atoms with Crippen LogP contribution in [0.5, 0.6) is 17.2 Å². The zero-order valence-electron chi connectivity index (χ0n) is 9.46. The molecule has 0 unspecified atom stereocenters. The Morgan fingerprint density at radius 3 is 2.65 bits per heavy atom. The van der Waals surface area contributed by atoms with Crippen LogP contribution in [0.15, 0.2) is 42.6 Å². The molecule has 0 aliphatic carbocycles. The van der Waals surface area contributed by atoms with Crippen LogP contribution in [0.2, 0.25) is 0 Å². The van der Waals surface area contributed by atoms with E-state index in [0.717, 1.165) is 5.75 Å². The van der Waals surface area contributed by atoms with E-state index in [1.807, 2.05) is 18.2 Å². The van der Waals surface area contributed by atoms with Crippen molar-refractivity contribution < 1.29 is 14.6 Å². The summed E-state index contributed by atoms with van der Waals surface area (Å²) in [7, 11) is 1.61. The maximum absolute atomic E-state index is 8.97. The third-order valence-electron chi connectivity index (χ3n) is 2.23. The van der Waals surface area contributed by atoms with Gasteiger partial charge >= 0.3 is 0 Å². The second kappa shape index (κ2) is 5.32. The first-order valence-corrected chi connectivity index (χ1v) is 5.19. The third-order valence-corrected chi connectivity index (χ3v) is 2.23. The molecule has 0 amide bonds. The van der Waals surface area contributed by atoms with Crippen LogP contribution in [0.3, 0.4) is 0 Å². The monoisotopic (exact) mass is 231 g/mol. The van der Waals surface area contributed by atoms with E-state index < -0.39 is 0 Å². The van der Waals surface area contributed by atoms with Gasteiger partial charge in [0.2, 0.25) is 0 Å². The smallest absolute Gasteiger partial charge is 0.131 e. The molecule has 1 aromatic heterocycles. The van der Waals surface area contributed by atoms with E-state index in [-0.39, 0.29) is 6.61 Å². The summed E-state index contributed by atoms with van der Waals surface area (Å²) in [5.74, 6) is 2.05. The van der Waals surface area contributed by atoms with Crippen molar-refractivity contribution >= 4 is 0 Å². The summed E-state index contributed by atoms with van der Waals surface area (Å²) >= 11 is 0. The summed E-state index contributed by atoms with van der Waals surface area (Å²) < 4.78 is 10.7. The van der Waals surface area contributed by atoms with Crippen molar-refractivity contribution in [3.63, 3.8) is 0 Å². The number of aliphatic hydroxyl groups is 1. The molecule has 0 saturated carbocycles. The Bertz CT molecular complexity index is 454. The number of aromatic nitrogens is 1. The van der Waals surface area contributed by atoms with Crippen molar-refractivity contribution in [3.05, 3.63) is 48.3 Å². The summed E-state index contributed by atoms with van der Waals surface area (Å²) in [5.41, 5.74) is 0.574. The summed E-state index contributed by atoms with van der Waals surface area (Å²) in [6.07, 6.45) is 1.60. The van der Waals surface area contributed by atoms with E-state index >= 15 is 0 Å². The fraction of sp³-hybridized carbons (Fsp3) is 0.154. The van der Waals surface area contributed by atoms with Crippen molar-refractivity contribution in [1.82, 2.24) is 4.98 Å². The minimum Gasteiger partial charge on any atom is -0.497 e. The van der Waals surface area contributed by atoms with Gasteiger partial charge in [-0.1, -0.05) is 6.07 Å². The first-order chi connectivity index (χ1) is 8.31. The number of hydrogen-bond acceptors (Lipinski definition) is 4. The van der Waals surface area contributed by atoms with E-state index in [1.54, 1.807) is 31.5 Å². The van der Waals surface area contributed by atoms with Crippen LogP contribution in [-0.4, -0.2) is 17.2 Å². The van der Waals surface area contributed by atoms with Gasteiger partial charge in [0, 0.05) is 18.3 Å². The fourth-order valence-electron chi connectivity index (χ4n) is 1.41. The average Bonchev–Trinajstić information content (AvgIpc) is 2.39. The highest BCUT2D eigenvalue weighted by Gasteiger charge is 2.00. The van der Waals surface area contributed by atoms with Crippen LogP contribution in [0.4, 0.5) is 0 Å². The number of methoxy groups -OCH3 is 1. The molecule has 0 fully saturated rings. The molecule has 0 aliphatic heterocycles. The van der Waals surface area contributed by atoms with Gasteiger partial charge < -0.3 is 14.6 Å². The topological polar surface area (TPSA) is 51.6 Å². The standard InChI is InChI=1S/C13H13NO3/c1-16-11-3-2-4-12(8-11)17-13-5-6-14-10(7-13)9-15/h2-8,15H,9H2,1H3. The van der Waals surface area contributed by atoms with Crippen molar-refractivity contribution in [2.75, 3.05) is 7.11 Å². The molecule has 0 atom stereocenters. The quantitative estimate of drug-likeness (QED) is 0.877. The van der Waals surface area contributed by atoms with E-state index in [9.17, 15) is 0 Å². The Balaban J connectivity index is 2.18. The lowest BCUT2D eigenvalue weighted by Crippen LogP contribution is -1.91. The Kier molecular flexibility index (Phi) is 3.57. The van der Waals surface area contributed by atoms with Crippen LogP contribution < -0.4 is 9.47 Å². The Morgan fingerprint density at radius 2 is 1.88 bits per heavy atom. The third kappa shape index (κ3) is 2.95. The normalized spacial score (nSPS) is 10.0. The van der Waals surface area contributed by atoms with Gasteiger partial charge in [0.15, 0.2) is 0 Å². The van der Waals surface area contributed by atoms with E-state index in [1.165, 1.54) is 0 Å². The van der Waals surface area contributed by atoms with E-state index in [4.69, 9.17) is 14.6 Å². The van der Waals surface area contributed by atoms with E-state index in [2.05, 4.69) is 4.98 Å². The lowest BCUT2D eigenvalue weighted by atomic mass is 10.3. The molecule has 0 saturated heterocycles. The van der Waals surface area contributed by atoms with Gasteiger partial charge in [-0.2, -0.15) is 0 Å². The largest absolute Gasteiger partial charge is 0.497 e. The molecule has 1 N–H and O–H groups in total. The van der Waals surface area contributed by atoms with Crippen molar-refractivity contribution in [3.8, 4) is 17.2 Å². The number of pyridine rings is 1. The summed E-state index contributed by atoms with van der Waals surface area (Å²) in [6, 6.07) is 10.7. The van der Waals surface area contributed by atoms with Crippen molar-refractivity contribution in [2.45, 2.75) is 6.61 Å². The minimum absolute atomic E-state index is 0.102. The van der Waals surface area contributed by atoms with Crippen LogP contribution >= 0.6 is 0 Å². The van der Waals surface area contributed by atoms with Crippen molar-refractivity contribution in [1.29, 1.82) is 0 Å². The van der Waals surface area contributed by atoms with Crippen LogP contribution in [0.1, 0.15) is 5.69 Å². The van der Waals surface area contributed by atoms with Crippen LogP contribution in [0, 0.1) is 0 Å². The van der Waals surface area contributed by atoms with Gasteiger partial charge in [0.1, 0.15) is 17.2 Å². The molecule has 1 aromatic carbocycles. The number of benzene rings is 1. The van der Waals surface area contributed by atoms with Gasteiger partial charge in [-0.15, -0.1) is 0 Å². The molecule has 4 nitrogen and oxygen atoms in total. The minimum atomic E-state index is -0.102. The lowest BCUT2D eigenvalue weighted by molar-refractivity contribution is 0.276.